The number of amides is 1. The van der Waals surface area contributed by atoms with Crippen molar-refractivity contribution in [3.63, 3.8) is 0 Å². The van der Waals surface area contributed by atoms with Crippen LogP contribution in [0.15, 0.2) is 5.16 Å². The molecule has 0 unspecified atom stereocenters. The zero-order chi connectivity index (χ0) is 24.6. The maximum absolute atomic E-state index is 15.0. The minimum Gasteiger partial charge on any atom is -0.475 e. The third-order valence-corrected chi connectivity index (χ3v) is 7.49. The highest BCUT2D eigenvalue weighted by Gasteiger charge is 2.46. The second-order valence-electron chi connectivity index (χ2n) is 10.0. The van der Waals surface area contributed by atoms with Gasteiger partial charge in [-0.2, -0.15) is 4.98 Å². The molecule has 2 aromatic rings. The zero-order valence-electron chi connectivity index (χ0n) is 19.2. The van der Waals surface area contributed by atoms with Crippen molar-refractivity contribution in [2.24, 2.45) is 5.92 Å². The summed E-state index contributed by atoms with van der Waals surface area (Å²) < 4.78 is 51.3. The summed E-state index contributed by atoms with van der Waals surface area (Å²) in [6.45, 7) is 6.44. The quantitative estimate of drug-likeness (QED) is 0.419. The van der Waals surface area contributed by atoms with Crippen LogP contribution in [-0.4, -0.2) is 78.0 Å². The first-order valence-electron chi connectivity index (χ1n) is 11.0. The summed E-state index contributed by atoms with van der Waals surface area (Å²) in [6.07, 6.45) is 2.14. The standard InChI is InChI=1S/C21H25ClFN5O5S/c1-21(2,3)33-20(29)27-7-10-5-6-11(27)8-28-12(10)9-32-18-13-15(14(23)16(22)25-18)24-19(26-17(13)28)34(4,30)31/h10-12H,5-9H2,1-4H3/t10-,11+,12-/m1/s1. The van der Waals surface area contributed by atoms with E-state index in [4.69, 9.17) is 21.1 Å². The largest absolute Gasteiger partial charge is 0.475 e. The van der Waals surface area contributed by atoms with Gasteiger partial charge in [0.2, 0.25) is 20.9 Å². The molecular weight excluding hydrogens is 489 g/mol. The SMILES string of the molecule is CC(C)(C)OC(=O)N1C[C@H]2CC[C@H]1CN1c3nc(S(C)(=O)=O)nc4c(F)c(Cl)nc(c34)OC[C@H]21. The maximum Gasteiger partial charge on any atom is 0.410 e. The highest BCUT2D eigenvalue weighted by Crippen LogP contribution is 2.43. The Morgan fingerprint density at radius 2 is 1.94 bits per heavy atom. The molecule has 184 valence electrons. The predicted molar refractivity (Wildman–Crippen MR) is 121 cm³/mol. The summed E-state index contributed by atoms with van der Waals surface area (Å²) in [5.74, 6) is -0.671. The summed E-state index contributed by atoms with van der Waals surface area (Å²) >= 11 is 5.97. The molecule has 3 saturated heterocycles. The molecule has 34 heavy (non-hydrogen) atoms. The number of nitrogens with zero attached hydrogens (tertiary/aromatic N) is 5. The molecule has 3 atom stereocenters. The Labute approximate surface area is 201 Å². The fraction of sp³-hybridized carbons (Fsp3) is 0.619. The first-order chi connectivity index (χ1) is 15.8. The predicted octanol–water partition coefficient (Wildman–Crippen LogP) is 2.82. The fourth-order valence-electron chi connectivity index (χ4n) is 4.91. The molecule has 4 aliphatic heterocycles. The summed E-state index contributed by atoms with van der Waals surface area (Å²) in [4.78, 5) is 28.9. The smallest absolute Gasteiger partial charge is 0.410 e. The molecule has 6 heterocycles. The van der Waals surface area contributed by atoms with Gasteiger partial charge in [0.15, 0.2) is 11.0 Å². The first kappa shape index (κ1) is 23.3. The van der Waals surface area contributed by atoms with Gasteiger partial charge < -0.3 is 19.3 Å². The average Bonchev–Trinajstić information content (AvgIpc) is 3.07. The van der Waals surface area contributed by atoms with E-state index >= 15 is 0 Å². The van der Waals surface area contributed by atoms with E-state index in [0.29, 0.717) is 13.1 Å². The third-order valence-electron chi connectivity index (χ3n) is 6.39. The number of hydrogen-bond donors (Lipinski definition) is 0. The number of anilines is 1. The van der Waals surface area contributed by atoms with E-state index in [0.717, 1.165) is 19.1 Å². The zero-order valence-corrected chi connectivity index (χ0v) is 20.8. The molecule has 10 nitrogen and oxygen atoms in total. The van der Waals surface area contributed by atoms with Gasteiger partial charge in [-0.3, -0.25) is 0 Å². The van der Waals surface area contributed by atoms with Gasteiger partial charge in [0, 0.05) is 25.3 Å². The van der Waals surface area contributed by atoms with Gasteiger partial charge in [0.1, 0.15) is 28.9 Å². The number of halogens is 2. The Morgan fingerprint density at radius 1 is 1.21 bits per heavy atom. The topological polar surface area (TPSA) is 115 Å². The van der Waals surface area contributed by atoms with Crippen LogP contribution in [-0.2, 0) is 14.6 Å². The van der Waals surface area contributed by atoms with Gasteiger partial charge in [-0.05, 0) is 33.6 Å². The molecular formula is C21H25ClFN5O5S. The second-order valence-corrected chi connectivity index (χ2v) is 12.3. The molecule has 0 aliphatic carbocycles. The minimum absolute atomic E-state index is 0.00685. The van der Waals surface area contributed by atoms with Gasteiger partial charge in [0.05, 0.1) is 12.1 Å². The molecule has 0 spiro atoms. The van der Waals surface area contributed by atoms with Crippen molar-refractivity contribution in [2.45, 2.75) is 56.5 Å². The number of carbonyl (C=O) groups is 1. The van der Waals surface area contributed by atoms with Crippen molar-refractivity contribution >= 4 is 44.3 Å². The molecule has 0 radical (unpaired) electrons. The number of fused-ring (bicyclic) bond motifs is 2. The molecule has 2 aromatic heterocycles. The number of ether oxygens (including phenoxy) is 2. The maximum atomic E-state index is 15.0. The number of piperidine rings is 1. The van der Waals surface area contributed by atoms with Gasteiger partial charge in [-0.25, -0.2) is 27.6 Å². The minimum atomic E-state index is -3.86. The summed E-state index contributed by atoms with van der Waals surface area (Å²) in [7, 11) is -3.86. The van der Waals surface area contributed by atoms with Crippen LogP contribution in [0.3, 0.4) is 0 Å². The number of sulfone groups is 1. The van der Waals surface area contributed by atoms with Crippen LogP contribution in [0, 0.1) is 11.7 Å². The average molecular weight is 514 g/mol. The van der Waals surface area contributed by atoms with E-state index in [1.54, 1.807) is 4.90 Å². The van der Waals surface area contributed by atoms with Crippen molar-refractivity contribution < 1.29 is 27.1 Å². The molecule has 4 aliphatic rings. The first-order valence-corrected chi connectivity index (χ1v) is 13.3. The van der Waals surface area contributed by atoms with Crippen LogP contribution in [0.1, 0.15) is 33.6 Å². The monoisotopic (exact) mass is 513 g/mol. The van der Waals surface area contributed by atoms with Crippen molar-refractivity contribution in [3.05, 3.63) is 11.0 Å². The fourth-order valence-corrected chi connectivity index (χ4v) is 5.58. The Balaban J connectivity index is 1.66. The third kappa shape index (κ3) is 3.90. The lowest BCUT2D eigenvalue weighted by atomic mass is 9.90. The van der Waals surface area contributed by atoms with Crippen LogP contribution in [0.25, 0.3) is 10.9 Å². The summed E-state index contributed by atoms with van der Waals surface area (Å²) in [6, 6.07) is -0.451. The van der Waals surface area contributed by atoms with Crippen molar-refractivity contribution in [1.82, 2.24) is 19.9 Å². The number of rotatable bonds is 1. The van der Waals surface area contributed by atoms with Crippen molar-refractivity contribution in [2.75, 3.05) is 30.9 Å². The molecule has 0 aromatic carbocycles. The van der Waals surface area contributed by atoms with Crippen molar-refractivity contribution in [1.29, 1.82) is 0 Å². The normalized spacial score (nSPS) is 24.4. The van der Waals surface area contributed by atoms with Crippen LogP contribution >= 0.6 is 11.6 Å². The van der Waals surface area contributed by atoms with E-state index in [1.165, 1.54) is 0 Å². The molecule has 0 saturated carbocycles. The van der Waals surface area contributed by atoms with Crippen LogP contribution in [0.5, 0.6) is 5.88 Å². The van der Waals surface area contributed by atoms with Gasteiger partial charge in [-0.15, -0.1) is 0 Å². The highest BCUT2D eigenvalue weighted by atomic mass is 35.5. The molecule has 0 N–H and O–H groups in total. The van der Waals surface area contributed by atoms with E-state index in [-0.39, 0.29) is 47.2 Å². The Morgan fingerprint density at radius 3 is 2.62 bits per heavy atom. The molecule has 6 rings (SSSR count). The second kappa shape index (κ2) is 7.77. The molecule has 13 heteroatoms. The van der Waals surface area contributed by atoms with Crippen LogP contribution < -0.4 is 9.64 Å². The molecule has 1 amide bonds. The highest BCUT2D eigenvalue weighted by molar-refractivity contribution is 7.90. The van der Waals surface area contributed by atoms with Crippen LogP contribution in [0.4, 0.5) is 15.0 Å². The van der Waals surface area contributed by atoms with Crippen LogP contribution in [0.2, 0.25) is 5.15 Å². The number of hydrogen-bond acceptors (Lipinski definition) is 9. The van der Waals surface area contributed by atoms with E-state index in [2.05, 4.69) is 15.0 Å². The number of aromatic nitrogens is 3. The summed E-state index contributed by atoms with van der Waals surface area (Å²) in [5.41, 5.74) is -0.900. The molecule has 3 fully saturated rings. The lowest BCUT2D eigenvalue weighted by Crippen LogP contribution is -2.49. The Kier molecular flexibility index (Phi) is 5.32. The van der Waals surface area contributed by atoms with E-state index in [9.17, 15) is 17.6 Å². The Bertz CT molecular complexity index is 1300. The summed E-state index contributed by atoms with van der Waals surface area (Å²) in [5, 5.41) is -0.799. The van der Waals surface area contributed by atoms with Crippen molar-refractivity contribution in [3.8, 4) is 5.88 Å². The van der Waals surface area contributed by atoms with E-state index in [1.807, 2.05) is 25.7 Å². The van der Waals surface area contributed by atoms with Gasteiger partial charge >= 0.3 is 6.09 Å². The molecule has 2 bridgehead atoms. The van der Waals surface area contributed by atoms with Gasteiger partial charge in [-0.1, -0.05) is 11.6 Å². The lowest BCUT2D eigenvalue weighted by molar-refractivity contribution is 0.00644. The van der Waals surface area contributed by atoms with E-state index < -0.39 is 37.7 Å². The number of pyridine rings is 1. The number of carbonyl (C=O) groups excluding carboxylic acids is 1. The van der Waals surface area contributed by atoms with Gasteiger partial charge in [0.25, 0.3) is 0 Å². The lowest BCUT2D eigenvalue weighted by Gasteiger charge is -2.37. The Hall–Kier alpha value is -2.47.